The van der Waals surface area contributed by atoms with Crippen LogP contribution in [0.25, 0.3) is 22.9 Å². The Morgan fingerprint density at radius 3 is 2.44 bits per heavy atom. The van der Waals surface area contributed by atoms with E-state index in [-0.39, 0.29) is 5.91 Å². The molecule has 140 valence electrons. The molecule has 3 rings (SSSR count). The third-order valence-electron chi connectivity index (χ3n) is 4.26. The van der Waals surface area contributed by atoms with Gasteiger partial charge in [0.05, 0.1) is 0 Å². The molecule has 0 bridgehead atoms. The van der Waals surface area contributed by atoms with E-state index in [2.05, 4.69) is 10.2 Å². The molecule has 6 nitrogen and oxygen atoms in total. The van der Waals surface area contributed by atoms with Crippen molar-refractivity contribution in [3.8, 4) is 22.9 Å². The number of amides is 1. The van der Waals surface area contributed by atoms with Gasteiger partial charge in [-0.1, -0.05) is 17.7 Å². The Morgan fingerprint density at radius 2 is 1.78 bits per heavy atom. The molecule has 0 aliphatic heterocycles. The number of rotatable bonds is 7. The summed E-state index contributed by atoms with van der Waals surface area (Å²) >= 11 is 0. The minimum Gasteiger partial charge on any atom is -0.416 e. The van der Waals surface area contributed by atoms with Gasteiger partial charge in [0.25, 0.3) is 5.91 Å². The van der Waals surface area contributed by atoms with E-state index in [0.29, 0.717) is 30.5 Å². The lowest BCUT2D eigenvalue weighted by atomic mass is 10.1. The minimum atomic E-state index is -0.0244. The van der Waals surface area contributed by atoms with Gasteiger partial charge >= 0.3 is 0 Å². The van der Waals surface area contributed by atoms with Gasteiger partial charge in [-0.25, -0.2) is 0 Å². The van der Waals surface area contributed by atoms with E-state index in [1.807, 2.05) is 43.3 Å². The molecule has 0 N–H and O–H groups in total. The molecular formula is C21H23N3O3. The Kier molecular flexibility index (Phi) is 5.98. The summed E-state index contributed by atoms with van der Waals surface area (Å²) in [6.45, 7) is 3.30. The highest BCUT2D eigenvalue weighted by molar-refractivity contribution is 5.94. The van der Waals surface area contributed by atoms with Gasteiger partial charge in [0.2, 0.25) is 11.8 Å². The zero-order chi connectivity index (χ0) is 19.2. The first-order chi connectivity index (χ1) is 13.1. The fourth-order valence-corrected chi connectivity index (χ4v) is 2.76. The van der Waals surface area contributed by atoms with Crippen molar-refractivity contribution in [2.45, 2.75) is 13.3 Å². The lowest BCUT2D eigenvalue weighted by Gasteiger charge is -2.16. The molecule has 1 amide bonds. The molecule has 1 heterocycles. The van der Waals surface area contributed by atoms with Crippen molar-refractivity contribution < 1.29 is 13.9 Å². The zero-order valence-corrected chi connectivity index (χ0v) is 15.8. The van der Waals surface area contributed by atoms with Crippen LogP contribution in [-0.2, 0) is 4.74 Å². The van der Waals surface area contributed by atoms with Crippen molar-refractivity contribution >= 4 is 5.91 Å². The van der Waals surface area contributed by atoms with E-state index in [9.17, 15) is 4.79 Å². The molecule has 0 spiro atoms. The van der Waals surface area contributed by atoms with E-state index >= 15 is 0 Å². The number of ether oxygens (including phenoxy) is 1. The minimum absolute atomic E-state index is 0.0244. The zero-order valence-electron chi connectivity index (χ0n) is 15.8. The lowest BCUT2D eigenvalue weighted by Crippen LogP contribution is -2.28. The summed E-state index contributed by atoms with van der Waals surface area (Å²) in [7, 11) is 3.44. The largest absolute Gasteiger partial charge is 0.416 e. The first-order valence-electron chi connectivity index (χ1n) is 8.84. The van der Waals surface area contributed by atoms with Crippen LogP contribution in [0.15, 0.2) is 52.9 Å². The van der Waals surface area contributed by atoms with E-state index in [0.717, 1.165) is 23.1 Å². The first-order valence-corrected chi connectivity index (χ1v) is 8.84. The lowest BCUT2D eigenvalue weighted by molar-refractivity contribution is 0.0779. The molecule has 0 radical (unpaired) electrons. The number of hydrogen-bond acceptors (Lipinski definition) is 5. The maximum Gasteiger partial charge on any atom is 0.253 e. The molecule has 2 aromatic carbocycles. The Morgan fingerprint density at radius 1 is 1.07 bits per heavy atom. The van der Waals surface area contributed by atoms with Crippen molar-refractivity contribution in [3.63, 3.8) is 0 Å². The number of benzene rings is 2. The maximum absolute atomic E-state index is 12.4. The van der Waals surface area contributed by atoms with Crippen LogP contribution in [0.4, 0.5) is 0 Å². The molecule has 0 atom stereocenters. The third-order valence-corrected chi connectivity index (χ3v) is 4.26. The normalized spacial score (nSPS) is 10.8. The van der Waals surface area contributed by atoms with E-state index in [1.54, 1.807) is 31.2 Å². The summed E-state index contributed by atoms with van der Waals surface area (Å²) in [6.07, 6.45) is 0.806. The van der Waals surface area contributed by atoms with Crippen molar-refractivity contribution in [3.05, 3.63) is 59.7 Å². The molecule has 0 aliphatic carbocycles. The molecule has 0 saturated carbocycles. The van der Waals surface area contributed by atoms with Crippen LogP contribution in [-0.4, -0.2) is 48.3 Å². The smallest absolute Gasteiger partial charge is 0.253 e. The molecule has 27 heavy (non-hydrogen) atoms. The van der Waals surface area contributed by atoms with Crippen LogP contribution < -0.4 is 0 Å². The SMILES string of the molecule is COCCCN(C)C(=O)c1ccc(-c2nnc(-c3cccc(C)c3)o2)cc1. The molecule has 6 heteroatoms. The Labute approximate surface area is 158 Å². The number of carbonyl (C=O) groups excluding carboxylic acids is 1. The number of nitrogens with zero attached hydrogens (tertiary/aromatic N) is 3. The monoisotopic (exact) mass is 365 g/mol. The summed E-state index contributed by atoms with van der Waals surface area (Å²) < 4.78 is 10.8. The van der Waals surface area contributed by atoms with Crippen molar-refractivity contribution in [2.75, 3.05) is 27.3 Å². The molecule has 3 aromatic rings. The molecule has 0 unspecified atom stereocenters. The highest BCUT2D eigenvalue weighted by Crippen LogP contribution is 2.24. The average Bonchev–Trinajstić information content (AvgIpc) is 3.18. The van der Waals surface area contributed by atoms with Crippen LogP contribution in [0.3, 0.4) is 0 Å². The highest BCUT2D eigenvalue weighted by Gasteiger charge is 2.14. The average molecular weight is 365 g/mol. The molecular weight excluding hydrogens is 342 g/mol. The van der Waals surface area contributed by atoms with Crippen LogP contribution in [0.2, 0.25) is 0 Å². The Hall–Kier alpha value is -2.99. The number of carbonyl (C=O) groups is 1. The Balaban J connectivity index is 1.71. The molecule has 0 saturated heterocycles. The van der Waals surface area contributed by atoms with Crippen molar-refractivity contribution in [2.24, 2.45) is 0 Å². The molecule has 0 fully saturated rings. The fourth-order valence-electron chi connectivity index (χ4n) is 2.76. The van der Waals surface area contributed by atoms with Gasteiger partial charge in [0, 0.05) is 44.0 Å². The summed E-state index contributed by atoms with van der Waals surface area (Å²) in [5.74, 6) is 0.884. The summed E-state index contributed by atoms with van der Waals surface area (Å²) in [4.78, 5) is 14.1. The number of hydrogen-bond donors (Lipinski definition) is 0. The van der Waals surface area contributed by atoms with Gasteiger partial charge < -0.3 is 14.1 Å². The molecule has 0 aliphatic rings. The first kappa shape index (κ1) is 18.8. The van der Waals surface area contributed by atoms with Crippen LogP contribution >= 0.6 is 0 Å². The van der Waals surface area contributed by atoms with Crippen LogP contribution in [0, 0.1) is 6.92 Å². The van der Waals surface area contributed by atoms with Crippen LogP contribution in [0.1, 0.15) is 22.3 Å². The van der Waals surface area contributed by atoms with E-state index < -0.39 is 0 Å². The quantitative estimate of drug-likeness (QED) is 0.595. The fraction of sp³-hybridized carbons (Fsp3) is 0.286. The third kappa shape index (κ3) is 4.60. The number of methoxy groups -OCH3 is 1. The van der Waals surface area contributed by atoms with Crippen molar-refractivity contribution in [1.82, 2.24) is 15.1 Å². The standard InChI is InChI=1S/C21H23N3O3/c1-15-6-4-7-18(14-15)20-23-22-19(27-20)16-8-10-17(11-9-16)21(25)24(2)12-5-13-26-3/h4,6-11,14H,5,12-13H2,1-3H3. The second-order valence-electron chi connectivity index (χ2n) is 6.43. The van der Waals surface area contributed by atoms with E-state index in [1.165, 1.54) is 0 Å². The highest BCUT2D eigenvalue weighted by atomic mass is 16.5. The second-order valence-corrected chi connectivity index (χ2v) is 6.43. The topological polar surface area (TPSA) is 68.5 Å². The maximum atomic E-state index is 12.4. The van der Waals surface area contributed by atoms with Crippen molar-refractivity contribution in [1.29, 1.82) is 0 Å². The Bertz CT molecular complexity index is 903. The van der Waals surface area contributed by atoms with Crippen LogP contribution in [0.5, 0.6) is 0 Å². The number of aromatic nitrogens is 2. The van der Waals surface area contributed by atoms with Gasteiger partial charge in [0.15, 0.2) is 0 Å². The summed E-state index contributed by atoms with van der Waals surface area (Å²) in [6, 6.07) is 15.1. The van der Waals surface area contributed by atoms with E-state index in [4.69, 9.17) is 9.15 Å². The summed E-state index contributed by atoms with van der Waals surface area (Å²) in [5.41, 5.74) is 3.42. The van der Waals surface area contributed by atoms with Gasteiger partial charge in [-0.05, 0) is 49.7 Å². The predicted molar refractivity (Wildman–Crippen MR) is 103 cm³/mol. The molecule has 1 aromatic heterocycles. The van der Waals surface area contributed by atoms with Gasteiger partial charge in [-0.3, -0.25) is 4.79 Å². The summed E-state index contributed by atoms with van der Waals surface area (Å²) in [5, 5.41) is 8.25. The number of aryl methyl sites for hydroxylation is 1. The van der Waals surface area contributed by atoms with Gasteiger partial charge in [0.1, 0.15) is 0 Å². The predicted octanol–water partition coefficient (Wildman–Crippen LogP) is 3.82. The van der Waals surface area contributed by atoms with Gasteiger partial charge in [-0.2, -0.15) is 0 Å². The van der Waals surface area contributed by atoms with Gasteiger partial charge in [-0.15, -0.1) is 10.2 Å². The second kappa shape index (κ2) is 8.60.